The van der Waals surface area contributed by atoms with Crippen molar-refractivity contribution >= 4 is 29.0 Å². The average molecular weight is 665 g/mol. The van der Waals surface area contributed by atoms with Crippen molar-refractivity contribution in [2.75, 3.05) is 65.4 Å². The molecule has 5 heterocycles. The number of carbonyl (C=O) groups is 1. The number of ether oxygens (including phenoxy) is 1. The molecule has 2 aromatic rings. The number of fused-ring (bicyclic) bond motifs is 4. The van der Waals surface area contributed by atoms with Crippen LogP contribution in [0, 0.1) is 0 Å². The van der Waals surface area contributed by atoms with E-state index in [0.29, 0.717) is 57.5 Å². The average Bonchev–Trinajstić information content (AvgIpc) is 3.47. The van der Waals surface area contributed by atoms with Gasteiger partial charge in [0, 0.05) is 58.7 Å². The number of nitrogens with two attached hydrogens (primary N) is 1. The predicted molar refractivity (Wildman–Crippen MR) is 182 cm³/mol. The van der Waals surface area contributed by atoms with Crippen LogP contribution < -0.4 is 15.4 Å². The Kier molecular flexibility index (Phi) is 8.68. The third-order valence-corrected chi connectivity index (χ3v) is 11.5. The Morgan fingerprint density at radius 2 is 1.98 bits per heavy atom. The van der Waals surface area contributed by atoms with E-state index in [1.165, 1.54) is 16.0 Å². The summed E-state index contributed by atoms with van der Waals surface area (Å²) in [6.45, 7) is 4.01. The Morgan fingerprint density at radius 3 is 2.81 bits per heavy atom. The highest BCUT2D eigenvalue weighted by Gasteiger charge is 2.50. The molecule has 12 heteroatoms. The molecule has 0 unspecified atom stereocenters. The van der Waals surface area contributed by atoms with Crippen LogP contribution in [0.3, 0.4) is 0 Å². The fourth-order valence-corrected chi connectivity index (χ4v) is 8.85. The number of benzene rings is 1. The first kappa shape index (κ1) is 32.3. The molecule has 2 N–H and O–H groups in total. The highest BCUT2D eigenvalue weighted by molar-refractivity contribution is 6.45. The highest BCUT2D eigenvalue weighted by Crippen LogP contribution is 2.47. The van der Waals surface area contributed by atoms with Gasteiger partial charge < -0.3 is 20.3 Å². The lowest BCUT2D eigenvalue weighted by molar-refractivity contribution is -0.124. The zero-order valence-corrected chi connectivity index (χ0v) is 28.5. The number of likely N-dealkylation sites (N-methyl/N-ethyl adjacent to an activating group) is 2. The lowest BCUT2D eigenvalue weighted by Crippen LogP contribution is -2.51. The number of rotatable bonds is 6. The van der Waals surface area contributed by atoms with Gasteiger partial charge in [-0.2, -0.15) is 9.97 Å². The van der Waals surface area contributed by atoms with Gasteiger partial charge >= 0.3 is 6.01 Å². The van der Waals surface area contributed by atoms with E-state index in [1.54, 1.807) is 14.1 Å². The number of aromatic nitrogens is 2. The van der Waals surface area contributed by atoms with Crippen LogP contribution in [0.5, 0.6) is 6.01 Å². The number of hydrogen-bond acceptors (Lipinski definition) is 9. The molecule has 1 aliphatic carbocycles. The van der Waals surface area contributed by atoms with Crippen molar-refractivity contribution in [3.8, 4) is 6.01 Å². The summed E-state index contributed by atoms with van der Waals surface area (Å²) in [5, 5.41) is 0.173. The van der Waals surface area contributed by atoms with Crippen LogP contribution in [0.25, 0.3) is 0 Å². The molecule has 5 aliphatic rings. The van der Waals surface area contributed by atoms with Gasteiger partial charge in [-0.3, -0.25) is 19.6 Å². The van der Waals surface area contributed by atoms with Crippen LogP contribution in [0.2, 0.25) is 0 Å². The summed E-state index contributed by atoms with van der Waals surface area (Å²) in [4.78, 5) is 36.0. The summed E-state index contributed by atoms with van der Waals surface area (Å²) >= 11 is 6.75. The molecule has 7 rings (SSSR count). The summed E-state index contributed by atoms with van der Waals surface area (Å²) in [6, 6.07) is 9.15. The molecule has 4 aliphatic heterocycles. The minimum atomic E-state index is -0.833. The fourth-order valence-electron chi connectivity index (χ4n) is 8.65. The number of aliphatic imine (C=N–C) groups is 1. The first-order valence-corrected chi connectivity index (χ1v) is 17.3. The molecule has 252 valence electrons. The second-order valence-corrected chi connectivity index (χ2v) is 14.6. The van der Waals surface area contributed by atoms with Crippen LogP contribution in [0.1, 0.15) is 60.9 Å². The first-order chi connectivity index (χ1) is 22.6. The molecule has 2 saturated heterocycles. The number of carbonyl (C=O) groups excluding carboxylic acids is 1. The molecule has 1 amide bonds. The second kappa shape index (κ2) is 12.6. The number of halogens is 2. The summed E-state index contributed by atoms with van der Waals surface area (Å²) in [5.41, 5.74) is 11.1. The maximum atomic E-state index is 14.6. The molecule has 0 bridgehead atoms. The minimum Gasteiger partial charge on any atom is -0.461 e. The Hall–Kier alpha value is -3.28. The first-order valence-electron chi connectivity index (χ1n) is 17.0. The molecule has 1 aromatic carbocycles. The zero-order chi connectivity index (χ0) is 32.9. The molecule has 1 spiro atoms. The van der Waals surface area contributed by atoms with Crippen LogP contribution in [0.4, 0.5) is 10.2 Å². The van der Waals surface area contributed by atoms with E-state index in [2.05, 4.69) is 46.0 Å². The van der Waals surface area contributed by atoms with E-state index in [0.717, 1.165) is 68.6 Å². The van der Waals surface area contributed by atoms with E-state index in [1.807, 2.05) is 0 Å². The Bertz CT molecular complexity index is 1620. The standard InChI is InChI=1S/C35H46ClFN8O2/c1-42(2)32(46)30(38)29(36)28-21-44(15-8-14-39-28)31-25-20-43(3)35(13-6-10-23-9-4-5-11-26(23)35)18-27(25)40-33(41-31)47-22-34-12-7-16-45(34)19-24(37)17-34/h4-5,9,11,24H,6-8,10,12-22,38H2,1-3H3/t24-,34+,35+/m1/s1. The lowest BCUT2D eigenvalue weighted by atomic mass is 9.71. The lowest BCUT2D eigenvalue weighted by Gasteiger charge is -2.49. The molecule has 2 fully saturated rings. The summed E-state index contributed by atoms with van der Waals surface area (Å²) in [7, 11) is 5.50. The fraction of sp³-hybridized carbons (Fsp3) is 0.600. The van der Waals surface area contributed by atoms with Gasteiger partial charge in [-0.15, -0.1) is 0 Å². The van der Waals surface area contributed by atoms with Crippen molar-refractivity contribution in [2.45, 2.75) is 75.2 Å². The molecular weight excluding hydrogens is 619 g/mol. The quantitative estimate of drug-likeness (QED) is 0.466. The molecule has 10 nitrogen and oxygen atoms in total. The van der Waals surface area contributed by atoms with Crippen LogP contribution >= 0.6 is 11.6 Å². The van der Waals surface area contributed by atoms with Crippen molar-refractivity contribution < 1.29 is 13.9 Å². The maximum absolute atomic E-state index is 14.6. The van der Waals surface area contributed by atoms with Gasteiger partial charge in [0.2, 0.25) is 0 Å². The van der Waals surface area contributed by atoms with Crippen LogP contribution in [0.15, 0.2) is 40.0 Å². The number of hydrogen-bond donors (Lipinski definition) is 1. The molecular formula is C35H46ClFN8O2. The summed E-state index contributed by atoms with van der Waals surface area (Å²) in [5.74, 6) is 0.439. The number of amides is 1. The third kappa shape index (κ3) is 5.78. The van der Waals surface area contributed by atoms with Gasteiger partial charge in [0.15, 0.2) is 0 Å². The van der Waals surface area contributed by atoms with E-state index in [-0.39, 0.29) is 27.7 Å². The monoisotopic (exact) mass is 664 g/mol. The summed E-state index contributed by atoms with van der Waals surface area (Å²) < 4.78 is 21.1. The number of nitrogens with zero attached hydrogens (tertiary/aromatic N) is 7. The smallest absolute Gasteiger partial charge is 0.318 e. The SMILES string of the molecule is CN(C)C(=O)C(N)=C(Cl)C1=NCCCN(c2nc(OC[C@@]34CCCN3C[C@H](F)C4)nc3c2CN(C)[C@@]2(CCCc4ccccc42)C3)C1. The van der Waals surface area contributed by atoms with Gasteiger partial charge in [0.1, 0.15) is 24.3 Å². The molecule has 47 heavy (non-hydrogen) atoms. The highest BCUT2D eigenvalue weighted by atomic mass is 35.5. The Labute approximate surface area is 281 Å². The topological polar surface area (TPSA) is 103 Å². The Balaban J connectivity index is 1.27. The van der Waals surface area contributed by atoms with E-state index < -0.39 is 6.17 Å². The Morgan fingerprint density at radius 1 is 1.15 bits per heavy atom. The molecule has 0 saturated carbocycles. The number of aryl methyl sites for hydroxylation is 1. The molecule has 1 aromatic heterocycles. The van der Waals surface area contributed by atoms with Crippen molar-refractivity contribution in [3.05, 3.63) is 57.4 Å². The van der Waals surface area contributed by atoms with Crippen molar-refractivity contribution in [3.63, 3.8) is 0 Å². The van der Waals surface area contributed by atoms with Crippen LogP contribution in [-0.2, 0) is 29.7 Å². The minimum absolute atomic E-state index is 0.0215. The maximum Gasteiger partial charge on any atom is 0.318 e. The van der Waals surface area contributed by atoms with Gasteiger partial charge in [-0.05, 0) is 63.2 Å². The normalized spacial score (nSPS) is 28.2. The molecule has 0 radical (unpaired) electrons. The molecule has 3 atom stereocenters. The van der Waals surface area contributed by atoms with E-state index >= 15 is 0 Å². The second-order valence-electron chi connectivity index (χ2n) is 14.2. The van der Waals surface area contributed by atoms with Gasteiger partial charge in [0.05, 0.1) is 34.1 Å². The zero-order valence-electron chi connectivity index (χ0n) is 27.8. The van der Waals surface area contributed by atoms with E-state index in [9.17, 15) is 9.18 Å². The van der Waals surface area contributed by atoms with Gasteiger partial charge in [-0.1, -0.05) is 35.9 Å². The number of alkyl halides is 1. The van der Waals surface area contributed by atoms with Gasteiger partial charge in [0.25, 0.3) is 5.91 Å². The third-order valence-electron chi connectivity index (χ3n) is 11.1. The van der Waals surface area contributed by atoms with Crippen molar-refractivity contribution in [1.29, 1.82) is 0 Å². The van der Waals surface area contributed by atoms with E-state index in [4.69, 9.17) is 37.0 Å². The predicted octanol–water partition coefficient (Wildman–Crippen LogP) is 3.80. The van der Waals surface area contributed by atoms with Crippen LogP contribution in [-0.4, -0.2) is 108 Å². The largest absolute Gasteiger partial charge is 0.461 e. The van der Waals surface area contributed by atoms with Crippen molar-refractivity contribution in [2.24, 2.45) is 10.7 Å². The number of anilines is 1. The van der Waals surface area contributed by atoms with Crippen molar-refractivity contribution in [1.82, 2.24) is 24.7 Å². The summed E-state index contributed by atoms with van der Waals surface area (Å²) in [6.07, 6.45) is 6.39. The van der Waals surface area contributed by atoms with Gasteiger partial charge in [-0.25, -0.2) is 4.39 Å².